The van der Waals surface area contributed by atoms with Crippen LogP contribution in [0.2, 0.25) is 0 Å². The molecular weight excluding hydrogens is 400 g/mol. The minimum atomic E-state index is -3.53. The fourth-order valence-electron chi connectivity index (χ4n) is 4.32. The van der Waals surface area contributed by atoms with Gasteiger partial charge in [0.1, 0.15) is 11.5 Å². The Morgan fingerprint density at radius 2 is 1.87 bits per heavy atom. The maximum Gasteiger partial charge on any atom is 0.243 e. The summed E-state index contributed by atoms with van der Waals surface area (Å²) in [5.41, 5.74) is 2.26. The van der Waals surface area contributed by atoms with Gasteiger partial charge in [0.25, 0.3) is 0 Å². The molecular formula is C23H28N2O4S. The highest BCUT2D eigenvalue weighted by atomic mass is 32.2. The molecule has 0 spiro atoms. The fourth-order valence-corrected chi connectivity index (χ4v) is 5.82. The zero-order chi connectivity index (χ0) is 21.3. The Bertz CT molecular complexity index is 1140. The van der Waals surface area contributed by atoms with Crippen molar-refractivity contribution in [2.45, 2.75) is 37.6 Å². The highest BCUT2D eigenvalue weighted by Gasteiger charge is 2.34. The van der Waals surface area contributed by atoms with E-state index in [0.717, 1.165) is 29.6 Å². The van der Waals surface area contributed by atoms with Gasteiger partial charge in [0.05, 0.1) is 24.1 Å². The number of nitrogens with zero attached hydrogens (tertiary/aromatic N) is 2. The van der Waals surface area contributed by atoms with Gasteiger partial charge in [0.15, 0.2) is 0 Å². The van der Waals surface area contributed by atoms with Crippen molar-refractivity contribution >= 4 is 20.9 Å². The topological polar surface area (TPSA) is 60.8 Å². The summed E-state index contributed by atoms with van der Waals surface area (Å²) in [6.45, 7) is 6.39. The van der Waals surface area contributed by atoms with Crippen molar-refractivity contribution in [1.82, 2.24) is 8.87 Å². The number of para-hydroxylation sites is 1. The molecule has 6 nitrogen and oxygen atoms in total. The Hall–Kier alpha value is -2.51. The first-order chi connectivity index (χ1) is 14.5. The third kappa shape index (κ3) is 3.56. The molecule has 4 rings (SSSR count). The summed E-state index contributed by atoms with van der Waals surface area (Å²) in [6, 6.07) is 12.7. The molecule has 1 atom stereocenters. The summed E-state index contributed by atoms with van der Waals surface area (Å²) in [7, 11) is -1.85. The van der Waals surface area contributed by atoms with Crippen LogP contribution in [-0.2, 0) is 16.6 Å². The minimum Gasteiger partial charge on any atom is -0.495 e. The summed E-state index contributed by atoms with van der Waals surface area (Å²) in [5, 5.41) is 1.14. The van der Waals surface area contributed by atoms with Gasteiger partial charge in [0.2, 0.25) is 10.0 Å². The van der Waals surface area contributed by atoms with Crippen LogP contribution >= 0.6 is 0 Å². The molecule has 7 heteroatoms. The monoisotopic (exact) mass is 428 g/mol. The van der Waals surface area contributed by atoms with Gasteiger partial charge in [-0.25, -0.2) is 8.42 Å². The summed E-state index contributed by atoms with van der Waals surface area (Å²) in [5.74, 6) is 1.68. The number of sulfonamides is 1. The summed E-state index contributed by atoms with van der Waals surface area (Å²) in [6.07, 6.45) is 2.96. The maximum atomic E-state index is 13.2. The molecule has 0 saturated carbocycles. The van der Waals surface area contributed by atoms with Crippen LogP contribution in [0.4, 0.5) is 0 Å². The molecule has 1 aliphatic heterocycles. The Morgan fingerprint density at radius 3 is 2.53 bits per heavy atom. The van der Waals surface area contributed by atoms with Crippen molar-refractivity contribution in [1.29, 1.82) is 0 Å². The van der Waals surface area contributed by atoms with Crippen molar-refractivity contribution in [2.75, 3.05) is 26.8 Å². The number of ether oxygens (including phenoxy) is 2. The molecule has 0 N–H and O–H groups in total. The number of hydrogen-bond acceptors (Lipinski definition) is 4. The number of aromatic nitrogens is 1. The third-order valence-electron chi connectivity index (χ3n) is 5.82. The Balaban J connectivity index is 1.62. The van der Waals surface area contributed by atoms with Crippen molar-refractivity contribution in [3.8, 4) is 11.5 Å². The van der Waals surface area contributed by atoms with Gasteiger partial charge in [-0.2, -0.15) is 4.31 Å². The predicted molar refractivity (Wildman–Crippen MR) is 118 cm³/mol. The zero-order valence-corrected chi connectivity index (χ0v) is 18.5. The molecule has 1 saturated heterocycles. The second kappa shape index (κ2) is 8.32. The molecule has 3 aromatic rings. The van der Waals surface area contributed by atoms with E-state index >= 15 is 0 Å². The second-order valence-electron chi connectivity index (χ2n) is 7.48. The van der Waals surface area contributed by atoms with E-state index in [2.05, 4.69) is 23.8 Å². The van der Waals surface area contributed by atoms with Gasteiger partial charge in [-0.05, 0) is 56.2 Å². The highest BCUT2D eigenvalue weighted by Crippen LogP contribution is 2.38. The van der Waals surface area contributed by atoms with Crippen LogP contribution < -0.4 is 9.47 Å². The first kappa shape index (κ1) is 20.8. The number of benzene rings is 2. The number of aryl methyl sites for hydroxylation is 1. The number of methoxy groups -OCH3 is 1. The van der Waals surface area contributed by atoms with E-state index in [9.17, 15) is 8.42 Å². The van der Waals surface area contributed by atoms with E-state index in [-0.39, 0.29) is 5.92 Å². The van der Waals surface area contributed by atoms with E-state index in [0.29, 0.717) is 30.3 Å². The number of rotatable bonds is 7. The van der Waals surface area contributed by atoms with E-state index in [1.165, 1.54) is 5.56 Å². The third-order valence-corrected chi connectivity index (χ3v) is 7.70. The van der Waals surface area contributed by atoms with E-state index < -0.39 is 10.0 Å². The quantitative estimate of drug-likeness (QED) is 0.565. The minimum absolute atomic E-state index is 0.157. The van der Waals surface area contributed by atoms with Gasteiger partial charge >= 0.3 is 0 Å². The highest BCUT2D eigenvalue weighted by molar-refractivity contribution is 7.89. The average molecular weight is 429 g/mol. The van der Waals surface area contributed by atoms with Gasteiger partial charge in [-0.15, -0.1) is 0 Å². The molecule has 30 heavy (non-hydrogen) atoms. The van der Waals surface area contributed by atoms with Crippen LogP contribution in [0.1, 0.15) is 31.7 Å². The lowest BCUT2D eigenvalue weighted by molar-refractivity contribution is 0.340. The van der Waals surface area contributed by atoms with E-state index in [1.54, 1.807) is 35.7 Å². The lowest BCUT2D eigenvalue weighted by Gasteiger charge is -2.17. The van der Waals surface area contributed by atoms with Crippen LogP contribution in [-0.4, -0.2) is 44.1 Å². The molecule has 0 bridgehead atoms. The van der Waals surface area contributed by atoms with Crippen molar-refractivity contribution in [2.24, 2.45) is 0 Å². The molecule has 2 heterocycles. The molecule has 0 aliphatic carbocycles. The number of fused-ring (bicyclic) bond motifs is 1. The molecule has 1 aromatic heterocycles. The number of hydrogen-bond donors (Lipinski definition) is 0. The van der Waals surface area contributed by atoms with Crippen molar-refractivity contribution < 1.29 is 17.9 Å². The molecule has 0 radical (unpaired) electrons. The summed E-state index contributed by atoms with van der Waals surface area (Å²) < 4.78 is 41.1. The largest absolute Gasteiger partial charge is 0.495 e. The molecule has 1 aliphatic rings. The predicted octanol–water partition coefficient (Wildman–Crippen LogP) is 4.25. The van der Waals surface area contributed by atoms with Gasteiger partial charge in [-0.1, -0.05) is 12.1 Å². The normalized spacial score (nSPS) is 17.5. The summed E-state index contributed by atoms with van der Waals surface area (Å²) in [4.78, 5) is 0.309. The first-order valence-corrected chi connectivity index (χ1v) is 11.8. The summed E-state index contributed by atoms with van der Waals surface area (Å²) >= 11 is 0. The maximum absolute atomic E-state index is 13.2. The molecule has 2 aromatic carbocycles. The molecule has 0 amide bonds. The standard InChI is InChI=1S/C23H28N2O4S/c1-4-24-16-21(20-7-6-8-22(28-3)23(20)24)17-13-14-25(15-17)30(26,27)19-11-9-18(10-12-19)29-5-2/h6-12,16-17H,4-5,13-15H2,1-3H3. The van der Waals surface area contributed by atoms with Crippen LogP contribution in [0.25, 0.3) is 10.9 Å². The fraction of sp³-hybridized carbons (Fsp3) is 0.391. The van der Waals surface area contributed by atoms with Gasteiger partial charge in [0, 0.05) is 37.1 Å². The van der Waals surface area contributed by atoms with Gasteiger partial charge in [-0.3, -0.25) is 0 Å². The Labute approximate surface area is 178 Å². The molecule has 160 valence electrons. The second-order valence-corrected chi connectivity index (χ2v) is 9.42. The average Bonchev–Trinajstić information content (AvgIpc) is 3.39. The zero-order valence-electron chi connectivity index (χ0n) is 17.7. The molecule has 1 fully saturated rings. The van der Waals surface area contributed by atoms with E-state index in [4.69, 9.17) is 9.47 Å². The lowest BCUT2D eigenvalue weighted by Crippen LogP contribution is -2.28. The van der Waals surface area contributed by atoms with Crippen LogP contribution in [0, 0.1) is 0 Å². The van der Waals surface area contributed by atoms with Crippen LogP contribution in [0.15, 0.2) is 53.6 Å². The van der Waals surface area contributed by atoms with Crippen molar-refractivity contribution in [3.63, 3.8) is 0 Å². The van der Waals surface area contributed by atoms with Crippen molar-refractivity contribution in [3.05, 3.63) is 54.2 Å². The SMILES string of the molecule is CCOc1ccc(S(=O)(=O)N2CCC(c3cn(CC)c4c(OC)cccc34)C2)cc1. The first-order valence-electron chi connectivity index (χ1n) is 10.4. The molecule has 1 unspecified atom stereocenters. The Kier molecular flexibility index (Phi) is 5.75. The lowest BCUT2D eigenvalue weighted by atomic mass is 9.98. The van der Waals surface area contributed by atoms with E-state index in [1.807, 2.05) is 19.1 Å². The van der Waals surface area contributed by atoms with Crippen LogP contribution in [0.3, 0.4) is 0 Å². The van der Waals surface area contributed by atoms with Gasteiger partial charge < -0.3 is 14.0 Å². The Morgan fingerprint density at radius 1 is 1.10 bits per heavy atom. The smallest absolute Gasteiger partial charge is 0.243 e. The van der Waals surface area contributed by atoms with Crippen LogP contribution in [0.5, 0.6) is 11.5 Å².